The number of hydrogen-bond donors (Lipinski definition) is 1. The molecule has 0 bridgehead atoms. The average molecular weight is 653 g/mol. The third kappa shape index (κ3) is 6.20. The summed E-state index contributed by atoms with van der Waals surface area (Å²) in [6, 6.07) is 5.75. The summed E-state index contributed by atoms with van der Waals surface area (Å²) in [6.07, 6.45) is -3.86. The van der Waals surface area contributed by atoms with Crippen molar-refractivity contribution in [2.45, 2.75) is 38.3 Å². The van der Waals surface area contributed by atoms with Gasteiger partial charge >= 0.3 is 12.1 Å². The first kappa shape index (κ1) is 30.5. The Balaban J connectivity index is 1.28. The Bertz CT molecular complexity index is 1940. The maximum Gasteiger partial charge on any atom is 0.427 e. The molecule has 4 heterocycles. The van der Waals surface area contributed by atoms with E-state index in [0.717, 1.165) is 30.3 Å². The highest BCUT2D eigenvalue weighted by atomic mass is 32.1. The number of benzene rings is 2. The van der Waals surface area contributed by atoms with Gasteiger partial charge in [-0.3, -0.25) is 0 Å². The van der Waals surface area contributed by atoms with Gasteiger partial charge in [0.2, 0.25) is 0 Å². The fourth-order valence-corrected chi connectivity index (χ4v) is 5.42. The summed E-state index contributed by atoms with van der Waals surface area (Å²) < 4.78 is 111. The van der Waals surface area contributed by atoms with Gasteiger partial charge in [-0.25, -0.2) is 37.3 Å². The van der Waals surface area contributed by atoms with Crippen molar-refractivity contribution in [3.8, 4) is 17.1 Å². The Hall–Kier alpha value is -4.57. The molecule has 1 saturated heterocycles. The minimum atomic E-state index is -4.61. The van der Waals surface area contributed by atoms with Crippen molar-refractivity contribution in [3.05, 3.63) is 92.7 Å². The second kappa shape index (κ2) is 11.7. The van der Waals surface area contributed by atoms with E-state index in [0.29, 0.717) is 30.6 Å². The number of rotatable bonds is 9. The van der Waals surface area contributed by atoms with Crippen LogP contribution in [0, 0.1) is 23.3 Å². The van der Waals surface area contributed by atoms with E-state index >= 15 is 8.78 Å². The van der Waals surface area contributed by atoms with E-state index in [1.165, 1.54) is 10.6 Å². The van der Waals surface area contributed by atoms with Crippen LogP contribution in [-0.2, 0) is 30.5 Å². The van der Waals surface area contributed by atoms with E-state index in [9.17, 15) is 31.9 Å². The number of alkyl halides is 3. The Morgan fingerprint density at radius 2 is 1.82 bits per heavy atom. The number of imidazole rings is 1. The molecule has 1 aliphatic rings. The zero-order valence-electron chi connectivity index (χ0n) is 22.7. The third-order valence-corrected chi connectivity index (χ3v) is 8.07. The molecule has 3 aromatic heterocycles. The molecule has 45 heavy (non-hydrogen) atoms. The Kier molecular flexibility index (Phi) is 7.95. The van der Waals surface area contributed by atoms with Gasteiger partial charge < -0.3 is 19.1 Å². The SMILES string of the molecule is O=C(O)c1cc(F)c2nc(Cc3cc(F)c(-c4ccc(F)c(OCc5ncc(C(F)(F)F)s5)n4)cc3F)n(CC3CCO3)c2c1. The van der Waals surface area contributed by atoms with Gasteiger partial charge in [0.05, 0.1) is 35.6 Å². The highest BCUT2D eigenvalue weighted by Gasteiger charge is 2.33. The van der Waals surface area contributed by atoms with Crippen molar-refractivity contribution in [1.82, 2.24) is 19.5 Å². The number of hydrogen-bond acceptors (Lipinski definition) is 7. The maximum atomic E-state index is 15.4. The Morgan fingerprint density at radius 3 is 2.49 bits per heavy atom. The highest BCUT2D eigenvalue weighted by Crippen LogP contribution is 2.34. The van der Waals surface area contributed by atoms with Gasteiger partial charge in [-0.2, -0.15) is 13.2 Å². The Labute approximate surface area is 252 Å². The van der Waals surface area contributed by atoms with Crippen molar-refractivity contribution in [1.29, 1.82) is 0 Å². The third-order valence-electron chi connectivity index (χ3n) is 7.05. The molecule has 1 N–H and O–H groups in total. The first-order chi connectivity index (χ1) is 21.4. The summed E-state index contributed by atoms with van der Waals surface area (Å²) in [5.41, 5.74) is -1.03. The fourth-order valence-electron chi connectivity index (χ4n) is 4.73. The lowest BCUT2D eigenvalue weighted by Gasteiger charge is -2.27. The van der Waals surface area contributed by atoms with E-state index < -0.39 is 52.8 Å². The number of pyridine rings is 1. The molecule has 0 saturated carbocycles. The lowest BCUT2D eigenvalue weighted by Crippen LogP contribution is -2.31. The first-order valence-corrected chi connectivity index (χ1v) is 14.0. The molecule has 1 unspecified atom stereocenters. The normalized spacial score (nSPS) is 15.0. The van der Waals surface area contributed by atoms with Gasteiger partial charge in [0.25, 0.3) is 5.88 Å². The molecular formula is C29H19F7N4O4S. The number of carboxylic acid groups (broad SMARTS) is 1. The number of carboxylic acids is 1. The summed E-state index contributed by atoms with van der Waals surface area (Å²) in [5, 5.41) is 9.28. The van der Waals surface area contributed by atoms with Gasteiger partial charge in [0.1, 0.15) is 39.5 Å². The molecule has 1 aliphatic heterocycles. The standard InChI is InChI=1S/C29H19F7N4O4S/c30-17-1-2-21(38-27(17)44-12-25-37-10-23(45-25)29(34,35)36)16-9-18(31)13(5-19(16)32)8-24-39-26-20(33)6-14(28(41)42)7-22(26)40(24)11-15-3-4-43-15/h1-2,5-7,9-10,15H,3-4,8,11-12H2,(H,41,42). The number of aromatic carboxylic acids is 1. The summed E-state index contributed by atoms with van der Waals surface area (Å²) in [6.45, 7) is 0.138. The maximum absolute atomic E-state index is 15.4. The van der Waals surface area contributed by atoms with Crippen molar-refractivity contribution in [2.75, 3.05) is 6.61 Å². The number of halogens is 7. The van der Waals surface area contributed by atoms with E-state index in [1.807, 2.05) is 0 Å². The van der Waals surface area contributed by atoms with Gasteiger partial charge in [0, 0.05) is 18.6 Å². The van der Waals surface area contributed by atoms with Gasteiger partial charge in [0.15, 0.2) is 11.6 Å². The summed E-state index contributed by atoms with van der Waals surface area (Å²) in [4.78, 5) is 22.3. The van der Waals surface area contributed by atoms with Crippen LogP contribution in [0.3, 0.4) is 0 Å². The van der Waals surface area contributed by atoms with Crippen molar-refractivity contribution in [3.63, 3.8) is 0 Å². The lowest BCUT2D eigenvalue weighted by atomic mass is 10.0. The number of ether oxygens (including phenoxy) is 2. The number of nitrogens with zero attached hydrogens (tertiary/aromatic N) is 4. The Morgan fingerprint density at radius 1 is 1.04 bits per heavy atom. The van der Waals surface area contributed by atoms with Crippen LogP contribution < -0.4 is 4.74 Å². The molecule has 16 heteroatoms. The van der Waals surface area contributed by atoms with Gasteiger partial charge in [-0.1, -0.05) is 0 Å². The zero-order chi connectivity index (χ0) is 32.0. The molecule has 0 radical (unpaired) electrons. The number of aromatic nitrogens is 4. The lowest BCUT2D eigenvalue weighted by molar-refractivity contribution is -0.134. The highest BCUT2D eigenvalue weighted by molar-refractivity contribution is 7.11. The molecule has 0 amide bonds. The molecule has 6 rings (SSSR count). The van der Waals surface area contributed by atoms with Crippen LogP contribution in [0.1, 0.15) is 38.1 Å². The van der Waals surface area contributed by atoms with Crippen LogP contribution in [0.5, 0.6) is 5.88 Å². The molecular weight excluding hydrogens is 633 g/mol. The van der Waals surface area contributed by atoms with Crippen LogP contribution in [0.4, 0.5) is 30.7 Å². The van der Waals surface area contributed by atoms with E-state index in [4.69, 9.17) is 9.47 Å². The topological polar surface area (TPSA) is 99.4 Å². The quantitative estimate of drug-likeness (QED) is 0.175. The molecule has 2 aromatic carbocycles. The van der Waals surface area contributed by atoms with Crippen molar-refractivity contribution < 1.29 is 50.1 Å². The molecule has 1 fully saturated rings. The smallest absolute Gasteiger partial charge is 0.427 e. The van der Waals surface area contributed by atoms with Crippen LogP contribution in [0.2, 0.25) is 0 Å². The molecule has 8 nitrogen and oxygen atoms in total. The van der Waals surface area contributed by atoms with Crippen LogP contribution in [0.15, 0.2) is 42.6 Å². The van der Waals surface area contributed by atoms with Crippen LogP contribution in [0.25, 0.3) is 22.3 Å². The predicted molar refractivity (Wildman–Crippen MR) is 145 cm³/mol. The van der Waals surface area contributed by atoms with Crippen LogP contribution >= 0.6 is 11.3 Å². The minimum Gasteiger partial charge on any atom is -0.478 e. The second-order valence-corrected chi connectivity index (χ2v) is 11.2. The van der Waals surface area contributed by atoms with E-state index in [2.05, 4.69) is 15.0 Å². The number of thiazole rings is 1. The van der Waals surface area contributed by atoms with Crippen molar-refractivity contribution in [2.24, 2.45) is 0 Å². The average Bonchev–Trinajstić information content (AvgIpc) is 3.57. The minimum absolute atomic E-state index is 0.107. The second-order valence-electron chi connectivity index (χ2n) is 10.0. The first-order valence-electron chi connectivity index (χ1n) is 13.2. The summed E-state index contributed by atoms with van der Waals surface area (Å²) in [7, 11) is 0. The fraction of sp³-hybridized carbons (Fsp3) is 0.241. The number of carbonyl (C=O) groups is 1. The predicted octanol–water partition coefficient (Wildman–Crippen LogP) is 6.79. The largest absolute Gasteiger partial charge is 0.478 e. The summed E-state index contributed by atoms with van der Waals surface area (Å²) >= 11 is 0.303. The van der Waals surface area contributed by atoms with E-state index in [-0.39, 0.29) is 63.3 Å². The molecule has 1 atom stereocenters. The number of fused-ring (bicyclic) bond motifs is 1. The van der Waals surface area contributed by atoms with Crippen molar-refractivity contribution >= 4 is 28.3 Å². The summed E-state index contributed by atoms with van der Waals surface area (Å²) in [5.74, 6) is -5.60. The molecule has 234 valence electrons. The van der Waals surface area contributed by atoms with Gasteiger partial charge in [-0.05, 0) is 48.4 Å². The van der Waals surface area contributed by atoms with E-state index in [1.54, 1.807) is 0 Å². The molecule has 0 spiro atoms. The molecule has 0 aliphatic carbocycles. The van der Waals surface area contributed by atoms with Gasteiger partial charge in [-0.15, -0.1) is 11.3 Å². The zero-order valence-corrected chi connectivity index (χ0v) is 23.5. The van der Waals surface area contributed by atoms with Crippen LogP contribution in [-0.4, -0.2) is 43.3 Å². The monoisotopic (exact) mass is 652 g/mol. The molecule has 5 aromatic rings.